The molecule has 28 heavy (non-hydrogen) atoms. The van der Waals surface area contributed by atoms with Crippen molar-refractivity contribution in [2.45, 2.75) is 62.0 Å². The van der Waals surface area contributed by atoms with E-state index in [0.29, 0.717) is 0 Å². The minimum atomic E-state index is -1.70. The Balaban J connectivity index is 1.85. The summed E-state index contributed by atoms with van der Waals surface area (Å²) in [5.74, 6) is -2.25. The molecular weight excluding hydrogens is 380 g/mol. The first-order chi connectivity index (χ1) is 13.1. The quantitative estimate of drug-likeness (QED) is 0.262. The summed E-state index contributed by atoms with van der Waals surface area (Å²) in [5, 5.41) is 60.2. The van der Waals surface area contributed by atoms with Crippen molar-refractivity contribution in [1.29, 1.82) is 0 Å². The molecule has 0 aromatic rings. The highest BCUT2D eigenvalue weighted by molar-refractivity contribution is 5.89. The molecule has 1 aliphatic carbocycles. The molecule has 1 saturated carbocycles. The minimum absolute atomic E-state index is 0.0521. The molecule has 3 rings (SSSR count). The number of ether oxygens (including phenoxy) is 4. The molecule has 10 atom stereocenters. The minimum Gasteiger partial charge on any atom is -0.471 e. The molecule has 2 fully saturated rings. The van der Waals surface area contributed by atoms with Gasteiger partial charge in [-0.1, -0.05) is 0 Å². The highest BCUT2D eigenvalue weighted by atomic mass is 16.8. The zero-order valence-corrected chi connectivity index (χ0v) is 15.4. The van der Waals surface area contributed by atoms with Gasteiger partial charge < -0.3 is 49.6 Å². The van der Waals surface area contributed by atoms with E-state index in [0.717, 1.165) is 6.26 Å². The fourth-order valence-corrected chi connectivity index (χ4v) is 4.10. The molecule has 0 bridgehead atoms. The first kappa shape index (κ1) is 21.4. The van der Waals surface area contributed by atoms with Crippen LogP contribution in [0.3, 0.4) is 0 Å². The van der Waals surface area contributed by atoms with Crippen LogP contribution in [0, 0.1) is 11.8 Å². The normalized spacial score (nSPS) is 48.4. The standard InChI is InChI=1S/C17H26O11/c1-17(24)9(19)3-6-7(14(23)25-2)5-26-15(10(6)17)28-16-13(22)12(21)11(20)8(4-18)27-16/h5-6,8-13,15-16,18-22,24H,3-4H2,1-2H3/t6?,8-,9+,10-,11-,12+,13-,15+,16+,17+/m1/s1. The number of fused-ring (bicyclic) bond motifs is 1. The Morgan fingerprint density at radius 2 is 1.89 bits per heavy atom. The van der Waals surface area contributed by atoms with Gasteiger partial charge in [-0.2, -0.15) is 0 Å². The molecule has 0 spiro atoms. The second kappa shape index (κ2) is 7.84. The molecule has 11 heteroatoms. The molecule has 1 saturated heterocycles. The van der Waals surface area contributed by atoms with Gasteiger partial charge in [-0.3, -0.25) is 0 Å². The van der Waals surface area contributed by atoms with Crippen LogP contribution >= 0.6 is 0 Å². The van der Waals surface area contributed by atoms with Gasteiger partial charge >= 0.3 is 5.97 Å². The van der Waals surface area contributed by atoms with Crippen molar-refractivity contribution in [2.24, 2.45) is 11.8 Å². The number of aliphatic hydroxyl groups excluding tert-OH is 5. The fourth-order valence-electron chi connectivity index (χ4n) is 4.10. The summed E-state index contributed by atoms with van der Waals surface area (Å²) in [6, 6.07) is 0. The van der Waals surface area contributed by atoms with E-state index >= 15 is 0 Å². The van der Waals surface area contributed by atoms with Gasteiger partial charge in [0.25, 0.3) is 0 Å². The largest absolute Gasteiger partial charge is 0.471 e. The van der Waals surface area contributed by atoms with Gasteiger partial charge in [0.1, 0.15) is 24.4 Å². The predicted molar refractivity (Wildman–Crippen MR) is 88.1 cm³/mol. The van der Waals surface area contributed by atoms with Crippen molar-refractivity contribution in [3.8, 4) is 0 Å². The van der Waals surface area contributed by atoms with Crippen LogP contribution in [-0.2, 0) is 23.7 Å². The van der Waals surface area contributed by atoms with E-state index in [-0.39, 0.29) is 12.0 Å². The van der Waals surface area contributed by atoms with Crippen molar-refractivity contribution in [3.05, 3.63) is 11.8 Å². The number of methoxy groups -OCH3 is 1. The van der Waals surface area contributed by atoms with Gasteiger partial charge in [-0.25, -0.2) is 4.79 Å². The number of rotatable bonds is 4. The van der Waals surface area contributed by atoms with Gasteiger partial charge in [-0.05, 0) is 13.3 Å². The lowest BCUT2D eigenvalue weighted by molar-refractivity contribution is -0.347. The molecule has 2 aliphatic heterocycles. The third-order valence-electron chi connectivity index (χ3n) is 5.82. The summed E-state index contributed by atoms with van der Waals surface area (Å²) in [7, 11) is 1.19. The summed E-state index contributed by atoms with van der Waals surface area (Å²) in [6.07, 6.45) is -8.83. The van der Waals surface area contributed by atoms with E-state index in [1.807, 2.05) is 0 Å². The second-order valence-electron chi connectivity index (χ2n) is 7.51. The van der Waals surface area contributed by atoms with Crippen LogP contribution < -0.4 is 0 Å². The molecule has 2 heterocycles. The van der Waals surface area contributed by atoms with Crippen molar-refractivity contribution < 1.29 is 54.4 Å². The zero-order chi connectivity index (χ0) is 20.8. The average molecular weight is 406 g/mol. The highest BCUT2D eigenvalue weighted by Gasteiger charge is 2.60. The molecule has 160 valence electrons. The van der Waals surface area contributed by atoms with Gasteiger partial charge in [0.15, 0.2) is 6.29 Å². The van der Waals surface area contributed by atoms with E-state index in [9.17, 15) is 35.4 Å². The Morgan fingerprint density at radius 1 is 1.21 bits per heavy atom. The van der Waals surface area contributed by atoms with Crippen LogP contribution in [0.5, 0.6) is 0 Å². The van der Waals surface area contributed by atoms with Crippen LogP contribution in [0.25, 0.3) is 0 Å². The lowest BCUT2D eigenvalue weighted by Crippen LogP contribution is -2.61. The average Bonchev–Trinajstić information content (AvgIpc) is 2.91. The Bertz CT molecular complexity index is 618. The summed E-state index contributed by atoms with van der Waals surface area (Å²) in [6.45, 7) is 0.737. The van der Waals surface area contributed by atoms with E-state index < -0.39 is 73.1 Å². The van der Waals surface area contributed by atoms with Crippen molar-refractivity contribution in [1.82, 2.24) is 0 Å². The Labute approximate surface area is 160 Å². The number of carbonyl (C=O) groups is 1. The molecule has 0 aromatic heterocycles. The van der Waals surface area contributed by atoms with E-state index in [1.165, 1.54) is 14.0 Å². The summed E-state index contributed by atoms with van der Waals surface area (Å²) >= 11 is 0. The number of aliphatic hydroxyl groups is 6. The number of carbonyl (C=O) groups excluding carboxylic acids is 1. The molecule has 0 radical (unpaired) electrons. The molecule has 0 aromatic carbocycles. The Hall–Kier alpha value is -1.31. The van der Waals surface area contributed by atoms with Crippen LogP contribution in [0.15, 0.2) is 11.8 Å². The van der Waals surface area contributed by atoms with E-state index in [1.54, 1.807) is 0 Å². The summed E-state index contributed by atoms with van der Waals surface area (Å²) < 4.78 is 21.1. The monoisotopic (exact) mass is 406 g/mol. The van der Waals surface area contributed by atoms with E-state index in [2.05, 4.69) is 0 Å². The van der Waals surface area contributed by atoms with Crippen molar-refractivity contribution in [2.75, 3.05) is 13.7 Å². The summed E-state index contributed by atoms with van der Waals surface area (Å²) in [5.41, 5.74) is -1.57. The fraction of sp³-hybridized carbons (Fsp3) is 0.824. The van der Waals surface area contributed by atoms with Gasteiger partial charge in [0, 0.05) is 5.92 Å². The lowest BCUT2D eigenvalue weighted by atomic mass is 9.81. The van der Waals surface area contributed by atoms with Crippen LogP contribution in [0.2, 0.25) is 0 Å². The molecule has 11 nitrogen and oxygen atoms in total. The molecule has 3 aliphatic rings. The van der Waals surface area contributed by atoms with Gasteiger partial charge in [-0.15, -0.1) is 0 Å². The highest BCUT2D eigenvalue weighted by Crippen LogP contribution is 2.49. The molecule has 6 N–H and O–H groups in total. The van der Waals surface area contributed by atoms with Gasteiger partial charge in [0.05, 0.1) is 43.2 Å². The first-order valence-corrected chi connectivity index (χ1v) is 8.93. The zero-order valence-electron chi connectivity index (χ0n) is 15.4. The topological polar surface area (TPSA) is 175 Å². The predicted octanol–water partition coefficient (Wildman–Crippen LogP) is -3.04. The SMILES string of the molecule is COC(=O)C1=CO[C@@H](O[C@@H]2O[C@H](CO)[C@@H](O)[C@H](O)[C@H]2O)[C@H]2C1C[C@H](O)[C@]2(C)O. The molecule has 1 unspecified atom stereocenters. The Morgan fingerprint density at radius 3 is 2.50 bits per heavy atom. The van der Waals surface area contributed by atoms with Crippen molar-refractivity contribution >= 4 is 5.97 Å². The van der Waals surface area contributed by atoms with Crippen molar-refractivity contribution in [3.63, 3.8) is 0 Å². The smallest absolute Gasteiger partial charge is 0.337 e. The second-order valence-corrected chi connectivity index (χ2v) is 7.51. The number of esters is 1. The number of hydrogen-bond acceptors (Lipinski definition) is 11. The third kappa shape index (κ3) is 3.42. The number of hydrogen-bond donors (Lipinski definition) is 6. The van der Waals surface area contributed by atoms with Crippen LogP contribution in [0.1, 0.15) is 13.3 Å². The summed E-state index contributed by atoms with van der Waals surface area (Å²) in [4.78, 5) is 12.0. The lowest BCUT2D eigenvalue weighted by Gasteiger charge is -2.44. The van der Waals surface area contributed by atoms with E-state index in [4.69, 9.17) is 18.9 Å². The van der Waals surface area contributed by atoms with Crippen LogP contribution in [0.4, 0.5) is 0 Å². The maximum absolute atomic E-state index is 12.0. The maximum atomic E-state index is 12.0. The third-order valence-corrected chi connectivity index (χ3v) is 5.82. The van der Waals surface area contributed by atoms with Crippen LogP contribution in [-0.4, -0.2) is 99.0 Å². The molecule has 0 amide bonds. The maximum Gasteiger partial charge on any atom is 0.337 e. The first-order valence-electron chi connectivity index (χ1n) is 8.93. The van der Waals surface area contributed by atoms with Gasteiger partial charge in [0.2, 0.25) is 6.29 Å². The molecular formula is C17H26O11. The Kier molecular flexibility index (Phi) is 5.99.